The Labute approximate surface area is 581 Å². The lowest BCUT2D eigenvalue weighted by molar-refractivity contribution is -0.135. The van der Waals surface area contributed by atoms with Crippen molar-refractivity contribution in [2.45, 2.75) is 383 Å². The molecule has 0 fully saturated rings. The number of unbranched alkanes of at least 4 members (excludes halogenated alkanes) is 7. The largest absolute Gasteiger partial charge is 0.355 e. The summed E-state index contributed by atoms with van der Waals surface area (Å²) >= 11 is 0. The van der Waals surface area contributed by atoms with Crippen LogP contribution in [0.1, 0.15) is 308 Å². The zero-order valence-electron chi connectivity index (χ0n) is 65.7. The maximum atomic E-state index is 14.7. The molecule has 7 unspecified atom stereocenters. The highest BCUT2D eigenvalue weighted by Crippen LogP contribution is 2.21. The number of rotatable bonds is 48. The van der Waals surface area contributed by atoms with Crippen LogP contribution >= 0.6 is 0 Å². The second-order valence-corrected chi connectivity index (χ2v) is 35.6. The minimum atomic E-state index is -0.966. The third kappa shape index (κ3) is 51.1. The molecule has 13 N–H and O–H groups in total. The van der Waals surface area contributed by atoms with Gasteiger partial charge in [0.25, 0.3) is 0 Å². The van der Waals surface area contributed by atoms with Gasteiger partial charge in [0, 0.05) is 69.7 Å². The second kappa shape index (κ2) is 44.4. The maximum Gasteiger partial charge on any atom is 0.243 e. The van der Waals surface area contributed by atoms with Crippen LogP contribution in [0.5, 0.6) is 0 Å². The van der Waals surface area contributed by atoms with Gasteiger partial charge in [0.1, 0.15) is 12.1 Å². The van der Waals surface area contributed by atoms with E-state index < -0.39 is 41.0 Å². The minimum absolute atomic E-state index is 0.00841. The SMILES string of the molecule is CC(CCCCNC(C)(C)C)C(=O)NC(CCCCNC(=O)C(CCCCNC(C)(C)C)NC(C)(C)C)C(=O)NCCCCC(NC(=O)C(CCCCNC(=O)C(CCCCNC(C)(C)C)NC(C)(C)C)NC(=O)C(CCCCNC(C)(C)C)NC(C)(C)C)C(=O)C(C)(C)C. The average molecular weight is 1350 g/mol. The molecule has 20 heteroatoms. The molecule has 7 atom stereocenters. The van der Waals surface area contributed by atoms with Gasteiger partial charge in [-0.3, -0.25) is 33.6 Å². The van der Waals surface area contributed by atoms with Gasteiger partial charge in [-0.25, -0.2) is 0 Å². The summed E-state index contributed by atoms with van der Waals surface area (Å²) < 4.78 is 0. The van der Waals surface area contributed by atoms with Crippen molar-refractivity contribution in [1.82, 2.24) is 69.1 Å². The first-order valence-corrected chi connectivity index (χ1v) is 37.1. The van der Waals surface area contributed by atoms with Crippen LogP contribution in [0.15, 0.2) is 0 Å². The van der Waals surface area contributed by atoms with E-state index in [2.05, 4.69) is 194 Å². The molecule has 0 bridgehead atoms. The highest BCUT2D eigenvalue weighted by atomic mass is 16.2. The molecule has 0 aliphatic carbocycles. The van der Waals surface area contributed by atoms with Crippen LogP contribution in [0.3, 0.4) is 0 Å². The van der Waals surface area contributed by atoms with Crippen molar-refractivity contribution in [3.8, 4) is 0 Å². The summed E-state index contributed by atoms with van der Waals surface area (Å²) in [6.07, 6.45) is 14.0. The Morgan fingerprint density at radius 1 is 0.242 bits per heavy atom. The summed E-state index contributed by atoms with van der Waals surface area (Å²) in [4.78, 5) is 98.6. The molecule has 0 aliphatic heterocycles. The quantitative estimate of drug-likeness (QED) is 0.0253. The zero-order chi connectivity index (χ0) is 73.1. The molecule has 0 aromatic rings. The van der Waals surface area contributed by atoms with E-state index in [1.165, 1.54) is 0 Å². The smallest absolute Gasteiger partial charge is 0.243 e. The molecule has 95 heavy (non-hydrogen) atoms. The standard InChI is InChI=1S/C75H151N13O7/c1-54(40-26-36-50-79-69(5,6)7)62(90)84-56(42-28-34-48-77-64(92)58(86-73(17,18)19)44-30-37-51-80-70(8,9)10)63(91)76-47-33-27-41-55(61(89)68(2,3)4)83-66(94)57(85-67(95)60(88-75(23,24)25)46-32-39-53-82-72(14,15)16)43-29-35-49-78-65(93)59(87-74(20,21)22)45-31-38-52-81-71(11,12)13/h54-60,79-82,86-88H,26-53H2,1-25H3,(H,76,91)(H,77,92)(H,78,93)(H,83,94)(H,84,90)(H,85,95). The molecule has 0 aromatic carbocycles. The Morgan fingerprint density at radius 3 is 0.758 bits per heavy atom. The number of Topliss-reactive ketones (excluding diaryl/α,β-unsaturated/α-hetero) is 1. The third-order valence-corrected chi connectivity index (χ3v) is 16.0. The topological polar surface area (TPSA) is 276 Å². The van der Waals surface area contributed by atoms with Crippen molar-refractivity contribution in [2.24, 2.45) is 11.3 Å². The molecular weight excluding hydrogens is 1190 g/mol. The van der Waals surface area contributed by atoms with Gasteiger partial charge in [-0.2, -0.15) is 0 Å². The highest BCUT2D eigenvalue weighted by Gasteiger charge is 2.35. The van der Waals surface area contributed by atoms with Crippen molar-refractivity contribution in [1.29, 1.82) is 0 Å². The molecule has 0 radical (unpaired) electrons. The van der Waals surface area contributed by atoms with Gasteiger partial charge in [-0.15, -0.1) is 0 Å². The third-order valence-electron chi connectivity index (χ3n) is 16.0. The Balaban J connectivity index is 6.49. The zero-order valence-corrected chi connectivity index (χ0v) is 65.7. The summed E-state index contributed by atoms with van der Waals surface area (Å²) in [5.74, 6) is -1.77. The van der Waals surface area contributed by atoms with Crippen LogP contribution in [0.25, 0.3) is 0 Å². The van der Waals surface area contributed by atoms with Gasteiger partial charge in [-0.1, -0.05) is 53.4 Å². The number of hydrogen-bond donors (Lipinski definition) is 13. The van der Waals surface area contributed by atoms with Crippen LogP contribution in [-0.4, -0.2) is 162 Å². The number of amides is 6. The first-order valence-electron chi connectivity index (χ1n) is 37.1. The molecule has 0 saturated heterocycles. The van der Waals surface area contributed by atoms with E-state index in [-0.39, 0.29) is 99.5 Å². The Bertz CT molecular complexity index is 2190. The fourth-order valence-corrected chi connectivity index (χ4v) is 11.0. The predicted octanol–water partition coefficient (Wildman–Crippen LogP) is 10.1. The lowest BCUT2D eigenvalue weighted by Gasteiger charge is -2.31. The molecule has 0 rings (SSSR count). The van der Waals surface area contributed by atoms with Crippen molar-refractivity contribution in [3.63, 3.8) is 0 Å². The predicted molar refractivity (Wildman–Crippen MR) is 396 cm³/mol. The minimum Gasteiger partial charge on any atom is -0.355 e. The molecule has 558 valence electrons. The van der Waals surface area contributed by atoms with E-state index in [9.17, 15) is 33.6 Å². The molecule has 0 aliphatic rings. The van der Waals surface area contributed by atoms with Crippen molar-refractivity contribution in [3.05, 3.63) is 0 Å². The molecule has 0 aromatic heterocycles. The van der Waals surface area contributed by atoms with Crippen LogP contribution in [0, 0.1) is 11.3 Å². The number of ketones is 1. The van der Waals surface area contributed by atoms with Gasteiger partial charge in [0.05, 0.1) is 24.2 Å². The normalized spacial score (nSPS) is 15.2. The number of carbonyl (C=O) groups is 7. The Morgan fingerprint density at radius 2 is 0.463 bits per heavy atom. The number of carbonyl (C=O) groups excluding carboxylic acids is 7. The Hall–Kier alpha value is -3.79. The molecule has 0 saturated carbocycles. The van der Waals surface area contributed by atoms with E-state index in [0.29, 0.717) is 90.1 Å². The van der Waals surface area contributed by atoms with Gasteiger partial charge < -0.3 is 69.1 Å². The number of nitrogens with one attached hydrogen (secondary N) is 13. The van der Waals surface area contributed by atoms with E-state index >= 15 is 0 Å². The molecule has 6 amide bonds. The van der Waals surface area contributed by atoms with Gasteiger partial charge in [0.15, 0.2) is 5.78 Å². The van der Waals surface area contributed by atoms with Crippen LogP contribution < -0.4 is 69.1 Å². The van der Waals surface area contributed by atoms with E-state index in [1.807, 2.05) is 48.5 Å². The first kappa shape index (κ1) is 91.2. The number of hydrogen-bond acceptors (Lipinski definition) is 14. The van der Waals surface area contributed by atoms with E-state index in [0.717, 1.165) is 77.5 Å². The lowest BCUT2D eigenvalue weighted by Crippen LogP contribution is -2.57. The van der Waals surface area contributed by atoms with Crippen LogP contribution in [-0.2, 0) is 33.6 Å². The van der Waals surface area contributed by atoms with Crippen molar-refractivity contribution < 1.29 is 33.6 Å². The fourth-order valence-electron chi connectivity index (χ4n) is 11.0. The summed E-state index contributed by atoms with van der Waals surface area (Å²) in [5.41, 5.74) is -1.69. The van der Waals surface area contributed by atoms with Gasteiger partial charge in [-0.05, 0) is 281 Å². The monoisotopic (exact) mass is 1350 g/mol. The van der Waals surface area contributed by atoms with Crippen LogP contribution in [0.4, 0.5) is 0 Å². The molecule has 20 nitrogen and oxygen atoms in total. The average Bonchev–Trinajstić information content (AvgIpc) is 0.888. The molecular formula is C75H151N13O7. The van der Waals surface area contributed by atoms with Gasteiger partial charge in [0.2, 0.25) is 35.4 Å². The lowest BCUT2D eigenvalue weighted by atomic mass is 9.84. The Kier molecular flexibility index (Phi) is 42.6. The first-order chi connectivity index (χ1) is 43.5. The van der Waals surface area contributed by atoms with E-state index in [4.69, 9.17) is 0 Å². The highest BCUT2D eigenvalue weighted by molar-refractivity contribution is 5.95. The molecule has 0 heterocycles. The summed E-state index contributed by atoms with van der Waals surface area (Å²) in [5, 5.41) is 43.3. The summed E-state index contributed by atoms with van der Waals surface area (Å²) in [6, 6.07) is -3.92. The van der Waals surface area contributed by atoms with E-state index in [1.54, 1.807) is 0 Å². The summed E-state index contributed by atoms with van der Waals surface area (Å²) in [6.45, 7) is 56.0. The van der Waals surface area contributed by atoms with Gasteiger partial charge >= 0.3 is 0 Å². The maximum absolute atomic E-state index is 14.7. The second-order valence-electron chi connectivity index (χ2n) is 35.6. The fraction of sp³-hybridized carbons (Fsp3) is 0.907. The molecule has 0 spiro atoms. The van der Waals surface area contributed by atoms with Crippen molar-refractivity contribution >= 4 is 41.2 Å². The van der Waals surface area contributed by atoms with Crippen molar-refractivity contribution in [2.75, 3.05) is 45.8 Å². The summed E-state index contributed by atoms with van der Waals surface area (Å²) in [7, 11) is 0. The van der Waals surface area contributed by atoms with Crippen LogP contribution in [0.2, 0.25) is 0 Å².